The van der Waals surface area contributed by atoms with Crippen LogP contribution >= 0.6 is 15.9 Å². The molecule has 0 saturated heterocycles. The van der Waals surface area contributed by atoms with E-state index in [4.69, 9.17) is 4.74 Å². The predicted octanol–water partition coefficient (Wildman–Crippen LogP) is 4.24. The van der Waals surface area contributed by atoms with Crippen LogP contribution < -0.4 is 15.4 Å². The van der Waals surface area contributed by atoms with Gasteiger partial charge in [0.05, 0.1) is 12.3 Å². The number of hydrogen-bond acceptors (Lipinski definition) is 3. The van der Waals surface area contributed by atoms with E-state index >= 15 is 0 Å². The van der Waals surface area contributed by atoms with E-state index in [2.05, 4.69) is 40.4 Å². The monoisotopic (exact) mass is 418 g/mol. The fourth-order valence-corrected chi connectivity index (χ4v) is 2.42. The fraction of sp³-hybridized carbons (Fsp3) is 0.300. The summed E-state index contributed by atoms with van der Waals surface area (Å²) in [7, 11) is 0. The van der Waals surface area contributed by atoms with Gasteiger partial charge in [-0.2, -0.15) is 0 Å². The molecule has 2 amide bonds. The number of ether oxygens (including phenoxy) is 1. The summed E-state index contributed by atoms with van der Waals surface area (Å²) in [4.78, 5) is 24.2. The molecule has 0 bridgehead atoms. The maximum Gasteiger partial charge on any atom is 0.251 e. The molecule has 0 heterocycles. The molecule has 0 aliphatic heterocycles. The van der Waals surface area contributed by atoms with Gasteiger partial charge >= 0.3 is 0 Å². The van der Waals surface area contributed by atoms with Crippen LogP contribution in [0.5, 0.6) is 5.75 Å². The first-order valence-corrected chi connectivity index (χ1v) is 9.30. The van der Waals surface area contributed by atoms with Crippen molar-refractivity contribution in [2.24, 2.45) is 5.92 Å². The minimum atomic E-state index is -0.203. The van der Waals surface area contributed by atoms with E-state index in [0.29, 0.717) is 29.5 Å². The second-order valence-electron chi connectivity index (χ2n) is 6.26. The van der Waals surface area contributed by atoms with Crippen molar-refractivity contribution in [3.8, 4) is 5.75 Å². The van der Waals surface area contributed by atoms with E-state index < -0.39 is 0 Å². The normalized spacial score (nSPS) is 10.5. The highest BCUT2D eigenvalue weighted by Crippen LogP contribution is 2.24. The number of rotatable bonds is 8. The van der Waals surface area contributed by atoms with E-state index in [9.17, 15) is 9.59 Å². The zero-order valence-electron chi connectivity index (χ0n) is 14.9. The maximum absolute atomic E-state index is 12.1. The van der Waals surface area contributed by atoms with Crippen molar-refractivity contribution in [1.82, 2.24) is 5.32 Å². The van der Waals surface area contributed by atoms with E-state index in [1.807, 2.05) is 18.2 Å². The number of hydrogen-bond donors (Lipinski definition) is 2. The molecular weight excluding hydrogens is 396 g/mol. The quantitative estimate of drug-likeness (QED) is 0.673. The first-order valence-electron chi connectivity index (χ1n) is 8.51. The second-order valence-corrected chi connectivity index (χ2v) is 7.18. The fourth-order valence-electron chi connectivity index (χ4n) is 2.16. The molecule has 2 aromatic carbocycles. The summed E-state index contributed by atoms with van der Waals surface area (Å²) in [6.45, 7) is 4.97. The van der Waals surface area contributed by atoms with Gasteiger partial charge in [-0.05, 0) is 42.3 Å². The summed E-state index contributed by atoms with van der Waals surface area (Å²) in [5.74, 6) is 0.661. The zero-order valence-corrected chi connectivity index (χ0v) is 16.5. The SMILES string of the molecule is CC(C)COc1ccccc1NC(=O)CCNC(=O)c1ccc(Br)cc1. The number of carbonyl (C=O) groups is 2. The number of benzene rings is 2. The summed E-state index contributed by atoms with van der Waals surface area (Å²) in [6, 6.07) is 14.4. The number of para-hydroxylation sites is 2. The Labute approximate surface area is 162 Å². The van der Waals surface area contributed by atoms with Crippen LogP contribution in [0.4, 0.5) is 5.69 Å². The van der Waals surface area contributed by atoms with Crippen molar-refractivity contribution in [1.29, 1.82) is 0 Å². The molecule has 0 unspecified atom stereocenters. The van der Waals surface area contributed by atoms with Gasteiger partial charge < -0.3 is 15.4 Å². The van der Waals surface area contributed by atoms with Crippen LogP contribution in [0.3, 0.4) is 0 Å². The summed E-state index contributed by atoms with van der Waals surface area (Å²) in [5.41, 5.74) is 1.19. The molecule has 5 nitrogen and oxygen atoms in total. The molecule has 2 N–H and O–H groups in total. The number of carbonyl (C=O) groups excluding carboxylic acids is 2. The molecule has 0 fully saturated rings. The number of amides is 2. The van der Waals surface area contributed by atoms with Gasteiger partial charge in [0.2, 0.25) is 5.91 Å². The van der Waals surface area contributed by atoms with Gasteiger partial charge in [-0.3, -0.25) is 9.59 Å². The van der Waals surface area contributed by atoms with Crippen LogP contribution in [0.25, 0.3) is 0 Å². The van der Waals surface area contributed by atoms with E-state index in [0.717, 1.165) is 4.47 Å². The summed E-state index contributed by atoms with van der Waals surface area (Å²) >= 11 is 3.33. The first-order chi connectivity index (χ1) is 12.5. The first kappa shape index (κ1) is 20.0. The van der Waals surface area contributed by atoms with Gasteiger partial charge in [0.15, 0.2) is 0 Å². The number of nitrogens with one attached hydrogen (secondary N) is 2. The van der Waals surface area contributed by atoms with E-state index in [1.165, 1.54) is 0 Å². The van der Waals surface area contributed by atoms with Crippen molar-refractivity contribution in [2.45, 2.75) is 20.3 Å². The highest BCUT2D eigenvalue weighted by atomic mass is 79.9. The summed E-state index contributed by atoms with van der Waals surface area (Å²) in [6.07, 6.45) is 0.181. The standard InChI is InChI=1S/C20H23BrN2O3/c1-14(2)13-26-18-6-4-3-5-17(18)23-19(24)11-12-22-20(25)15-7-9-16(21)10-8-15/h3-10,14H,11-13H2,1-2H3,(H,22,25)(H,23,24). The zero-order chi connectivity index (χ0) is 18.9. The molecule has 2 aromatic rings. The molecular formula is C20H23BrN2O3. The van der Waals surface area contributed by atoms with Crippen LogP contribution in [0, 0.1) is 5.92 Å². The summed E-state index contributed by atoms with van der Waals surface area (Å²) in [5, 5.41) is 5.58. The molecule has 0 spiro atoms. The van der Waals surface area contributed by atoms with Gasteiger partial charge in [-0.25, -0.2) is 0 Å². The van der Waals surface area contributed by atoms with Gasteiger partial charge in [-0.15, -0.1) is 0 Å². The van der Waals surface area contributed by atoms with Crippen LogP contribution in [0.15, 0.2) is 53.0 Å². The molecule has 0 aliphatic carbocycles. The largest absolute Gasteiger partial charge is 0.491 e. The molecule has 2 rings (SSSR count). The van der Waals surface area contributed by atoms with Crippen molar-refractivity contribution >= 4 is 33.4 Å². The lowest BCUT2D eigenvalue weighted by Crippen LogP contribution is -2.27. The number of anilines is 1. The third-order valence-electron chi connectivity index (χ3n) is 3.48. The topological polar surface area (TPSA) is 67.4 Å². The Hall–Kier alpha value is -2.34. The lowest BCUT2D eigenvalue weighted by Gasteiger charge is -2.14. The second kappa shape index (κ2) is 9.97. The van der Waals surface area contributed by atoms with Crippen molar-refractivity contribution < 1.29 is 14.3 Å². The Balaban J connectivity index is 1.82. The Kier molecular flexibility index (Phi) is 7.66. The molecule has 138 valence electrons. The Bertz CT molecular complexity index is 745. The smallest absolute Gasteiger partial charge is 0.251 e. The molecule has 0 atom stereocenters. The summed E-state index contributed by atoms with van der Waals surface area (Å²) < 4.78 is 6.63. The van der Waals surface area contributed by atoms with Crippen LogP contribution in [-0.2, 0) is 4.79 Å². The van der Waals surface area contributed by atoms with E-state index in [-0.39, 0.29) is 24.8 Å². The average Bonchev–Trinajstić information content (AvgIpc) is 2.61. The van der Waals surface area contributed by atoms with Crippen molar-refractivity contribution in [2.75, 3.05) is 18.5 Å². The lowest BCUT2D eigenvalue weighted by atomic mass is 10.2. The highest BCUT2D eigenvalue weighted by molar-refractivity contribution is 9.10. The minimum absolute atomic E-state index is 0.179. The predicted molar refractivity (Wildman–Crippen MR) is 106 cm³/mol. The van der Waals surface area contributed by atoms with Crippen LogP contribution in [0.2, 0.25) is 0 Å². The Morgan fingerprint density at radius 3 is 2.46 bits per heavy atom. The third-order valence-corrected chi connectivity index (χ3v) is 4.01. The lowest BCUT2D eigenvalue weighted by molar-refractivity contribution is -0.116. The number of halogens is 1. The molecule has 0 aliphatic rings. The molecule has 0 aromatic heterocycles. The van der Waals surface area contributed by atoms with Crippen LogP contribution in [-0.4, -0.2) is 25.0 Å². The van der Waals surface area contributed by atoms with Gasteiger partial charge in [0.1, 0.15) is 5.75 Å². The van der Waals surface area contributed by atoms with Crippen molar-refractivity contribution in [3.63, 3.8) is 0 Å². The van der Waals surface area contributed by atoms with Gasteiger partial charge in [0.25, 0.3) is 5.91 Å². The minimum Gasteiger partial charge on any atom is -0.491 e. The van der Waals surface area contributed by atoms with E-state index in [1.54, 1.807) is 30.3 Å². The van der Waals surface area contributed by atoms with Gasteiger partial charge in [0, 0.05) is 23.0 Å². The maximum atomic E-state index is 12.1. The van der Waals surface area contributed by atoms with Crippen molar-refractivity contribution in [3.05, 3.63) is 58.6 Å². The Morgan fingerprint density at radius 2 is 1.77 bits per heavy atom. The molecule has 0 saturated carbocycles. The third kappa shape index (κ3) is 6.52. The molecule has 6 heteroatoms. The highest BCUT2D eigenvalue weighted by Gasteiger charge is 2.10. The Morgan fingerprint density at radius 1 is 1.08 bits per heavy atom. The van der Waals surface area contributed by atoms with Crippen LogP contribution in [0.1, 0.15) is 30.6 Å². The van der Waals surface area contributed by atoms with Gasteiger partial charge in [-0.1, -0.05) is 41.9 Å². The molecule has 0 radical (unpaired) electrons. The molecule has 26 heavy (non-hydrogen) atoms. The average molecular weight is 419 g/mol.